The first-order chi connectivity index (χ1) is 10.1. The number of aromatic amines is 1. The van der Waals surface area contributed by atoms with Crippen molar-refractivity contribution >= 4 is 0 Å². The summed E-state index contributed by atoms with van der Waals surface area (Å²) in [6.45, 7) is 6.15. The van der Waals surface area contributed by atoms with Gasteiger partial charge in [0.1, 0.15) is 0 Å². The van der Waals surface area contributed by atoms with Gasteiger partial charge in [-0.05, 0) is 49.6 Å². The molecule has 1 heterocycles. The van der Waals surface area contributed by atoms with Gasteiger partial charge in [0, 0.05) is 6.20 Å². The van der Waals surface area contributed by atoms with Crippen LogP contribution in [0.25, 0.3) is 16.8 Å². The topological polar surface area (TPSA) is 37.8 Å². The Labute approximate surface area is 123 Å². The van der Waals surface area contributed by atoms with Gasteiger partial charge in [-0.3, -0.25) is 9.89 Å². The van der Waals surface area contributed by atoms with Crippen molar-refractivity contribution in [3.8, 4) is 16.8 Å². The number of benzene rings is 2. The zero-order valence-corrected chi connectivity index (χ0v) is 12.5. The Morgan fingerprint density at radius 1 is 0.905 bits per heavy atom. The lowest BCUT2D eigenvalue weighted by molar-refractivity contribution is 0.848. The molecule has 3 aromatic rings. The number of hydrogen-bond acceptors (Lipinski definition) is 1. The molecular weight excluding hydrogens is 260 g/mol. The largest absolute Gasteiger partial charge is 0.298 e. The molecule has 0 aliphatic heterocycles. The Kier molecular flexibility index (Phi) is 3.26. The first kappa shape index (κ1) is 13.4. The minimum atomic E-state index is -0.0258. The fourth-order valence-electron chi connectivity index (χ4n) is 2.37. The van der Waals surface area contributed by atoms with Crippen LogP contribution in [0.4, 0.5) is 0 Å². The molecule has 21 heavy (non-hydrogen) atoms. The molecule has 0 amide bonds. The summed E-state index contributed by atoms with van der Waals surface area (Å²) in [7, 11) is 0. The molecule has 0 bridgehead atoms. The second-order valence-corrected chi connectivity index (χ2v) is 5.46. The monoisotopic (exact) mass is 278 g/mol. The molecule has 106 valence electrons. The molecule has 0 fully saturated rings. The van der Waals surface area contributed by atoms with Crippen LogP contribution in [0.2, 0.25) is 0 Å². The average Bonchev–Trinajstić information content (AvgIpc) is 2.85. The van der Waals surface area contributed by atoms with Crippen LogP contribution in [0.5, 0.6) is 0 Å². The average molecular weight is 278 g/mol. The lowest BCUT2D eigenvalue weighted by atomic mass is 10.1. The first-order valence-corrected chi connectivity index (χ1v) is 7.01. The maximum Gasteiger partial charge on any atom is 0.279 e. The second kappa shape index (κ2) is 5.09. The van der Waals surface area contributed by atoms with E-state index in [4.69, 9.17) is 0 Å². The van der Waals surface area contributed by atoms with Crippen LogP contribution in [0.15, 0.2) is 53.5 Å². The third kappa shape index (κ3) is 2.42. The minimum absolute atomic E-state index is 0.0258. The molecule has 2 aromatic carbocycles. The van der Waals surface area contributed by atoms with Crippen LogP contribution in [0.3, 0.4) is 0 Å². The summed E-state index contributed by atoms with van der Waals surface area (Å²) in [5.74, 6) is 0. The number of rotatable bonds is 2. The van der Waals surface area contributed by atoms with E-state index in [0.717, 1.165) is 11.3 Å². The van der Waals surface area contributed by atoms with E-state index in [0.29, 0.717) is 5.56 Å². The molecule has 0 spiro atoms. The van der Waals surface area contributed by atoms with Gasteiger partial charge in [-0.2, -0.15) is 0 Å². The van der Waals surface area contributed by atoms with Crippen molar-refractivity contribution in [2.24, 2.45) is 0 Å². The molecule has 0 unspecified atom stereocenters. The number of hydrogen-bond donors (Lipinski definition) is 1. The van der Waals surface area contributed by atoms with Crippen LogP contribution in [0, 0.1) is 20.8 Å². The standard InChI is InChI=1S/C18H18N2O/c1-12-4-7-15(8-5-12)17-11-19-20(18(17)21)16-9-6-13(2)14(3)10-16/h4-11,19H,1-3H3. The van der Waals surface area contributed by atoms with Crippen LogP contribution in [0.1, 0.15) is 16.7 Å². The van der Waals surface area contributed by atoms with Gasteiger partial charge in [0.15, 0.2) is 0 Å². The zero-order valence-electron chi connectivity index (χ0n) is 12.5. The molecule has 3 rings (SSSR count). The predicted molar refractivity (Wildman–Crippen MR) is 86.0 cm³/mol. The van der Waals surface area contributed by atoms with E-state index in [9.17, 15) is 4.79 Å². The summed E-state index contributed by atoms with van der Waals surface area (Å²) in [5, 5.41) is 3.05. The molecule has 0 saturated heterocycles. The minimum Gasteiger partial charge on any atom is -0.298 e. The Hall–Kier alpha value is -2.55. The Balaban J connectivity index is 2.08. The fourth-order valence-corrected chi connectivity index (χ4v) is 2.37. The Morgan fingerprint density at radius 3 is 2.29 bits per heavy atom. The highest BCUT2D eigenvalue weighted by Gasteiger charge is 2.10. The van der Waals surface area contributed by atoms with E-state index in [1.807, 2.05) is 56.3 Å². The Bertz CT molecular complexity index is 838. The molecule has 0 saturated carbocycles. The summed E-state index contributed by atoms with van der Waals surface area (Å²) in [6, 6.07) is 14.0. The van der Waals surface area contributed by atoms with Crippen molar-refractivity contribution < 1.29 is 0 Å². The number of aromatic nitrogens is 2. The summed E-state index contributed by atoms with van der Waals surface area (Å²) < 4.78 is 1.58. The van der Waals surface area contributed by atoms with Crippen molar-refractivity contribution in [3.05, 3.63) is 75.7 Å². The molecule has 1 aromatic heterocycles. The lowest BCUT2D eigenvalue weighted by Gasteiger charge is -2.05. The van der Waals surface area contributed by atoms with Crippen LogP contribution < -0.4 is 5.56 Å². The van der Waals surface area contributed by atoms with E-state index < -0.39 is 0 Å². The second-order valence-electron chi connectivity index (χ2n) is 5.46. The van der Waals surface area contributed by atoms with Crippen molar-refractivity contribution in [1.82, 2.24) is 9.78 Å². The summed E-state index contributed by atoms with van der Waals surface area (Å²) in [4.78, 5) is 12.6. The third-order valence-electron chi connectivity index (χ3n) is 3.88. The molecule has 0 atom stereocenters. The van der Waals surface area contributed by atoms with Gasteiger partial charge in [0.05, 0.1) is 11.3 Å². The molecule has 3 nitrogen and oxygen atoms in total. The highest BCUT2D eigenvalue weighted by Crippen LogP contribution is 2.17. The number of nitrogens with zero attached hydrogens (tertiary/aromatic N) is 1. The van der Waals surface area contributed by atoms with Crippen LogP contribution in [-0.2, 0) is 0 Å². The lowest BCUT2D eigenvalue weighted by Crippen LogP contribution is -2.15. The SMILES string of the molecule is Cc1ccc(-c2c[nH]n(-c3ccc(C)c(C)c3)c2=O)cc1. The highest BCUT2D eigenvalue weighted by atomic mass is 16.1. The normalized spacial score (nSPS) is 10.8. The molecule has 3 heteroatoms. The van der Waals surface area contributed by atoms with Crippen molar-refractivity contribution in [3.63, 3.8) is 0 Å². The first-order valence-electron chi connectivity index (χ1n) is 7.01. The van der Waals surface area contributed by atoms with Gasteiger partial charge in [0.25, 0.3) is 5.56 Å². The molecular formula is C18H18N2O. The highest BCUT2D eigenvalue weighted by molar-refractivity contribution is 5.62. The Morgan fingerprint density at radius 2 is 1.62 bits per heavy atom. The summed E-state index contributed by atoms with van der Waals surface area (Å²) >= 11 is 0. The van der Waals surface area contributed by atoms with E-state index in [2.05, 4.69) is 12.0 Å². The third-order valence-corrected chi connectivity index (χ3v) is 3.88. The van der Waals surface area contributed by atoms with Crippen molar-refractivity contribution in [1.29, 1.82) is 0 Å². The van der Waals surface area contributed by atoms with Crippen molar-refractivity contribution in [2.75, 3.05) is 0 Å². The fraction of sp³-hybridized carbons (Fsp3) is 0.167. The maximum atomic E-state index is 12.6. The van der Waals surface area contributed by atoms with E-state index in [-0.39, 0.29) is 5.56 Å². The maximum absolute atomic E-state index is 12.6. The van der Waals surface area contributed by atoms with Crippen molar-refractivity contribution in [2.45, 2.75) is 20.8 Å². The van der Waals surface area contributed by atoms with Gasteiger partial charge < -0.3 is 0 Å². The number of aryl methyl sites for hydroxylation is 3. The smallest absolute Gasteiger partial charge is 0.279 e. The molecule has 0 radical (unpaired) electrons. The van der Waals surface area contributed by atoms with Gasteiger partial charge >= 0.3 is 0 Å². The molecule has 1 N–H and O–H groups in total. The predicted octanol–water partition coefficient (Wildman–Crippen LogP) is 3.76. The van der Waals surface area contributed by atoms with Crippen LogP contribution >= 0.6 is 0 Å². The summed E-state index contributed by atoms with van der Waals surface area (Å²) in [5.41, 5.74) is 6.04. The molecule has 0 aliphatic rings. The zero-order chi connectivity index (χ0) is 15.0. The van der Waals surface area contributed by atoms with Gasteiger partial charge in [-0.1, -0.05) is 35.9 Å². The number of nitrogens with one attached hydrogen (secondary N) is 1. The van der Waals surface area contributed by atoms with Gasteiger partial charge in [-0.25, -0.2) is 4.68 Å². The van der Waals surface area contributed by atoms with Crippen LogP contribution in [-0.4, -0.2) is 9.78 Å². The van der Waals surface area contributed by atoms with E-state index in [1.54, 1.807) is 10.9 Å². The number of H-pyrrole nitrogens is 1. The van der Waals surface area contributed by atoms with Gasteiger partial charge in [-0.15, -0.1) is 0 Å². The van der Waals surface area contributed by atoms with Gasteiger partial charge in [0.2, 0.25) is 0 Å². The summed E-state index contributed by atoms with van der Waals surface area (Å²) in [6.07, 6.45) is 1.77. The molecule has 0 aliphatic carbocycles. The quantitative estimate of drug-likeness (QED) is 0.761. The van der Waals surface area contributed by atoms with E-state index in [1.165, 1.54) is 16.7 Å². The van der Waals surface area contributed by atoms with E-state index >= 15 is 0 Å².